The maximum absolute atomic E-state index is 11.9. The average Bonchev–Trinajstić information content (AvgIpc) is 2.27. The van der Waals surface area contributed by atoms with Crippen molar-refractivity contribution in [3.05, 3.63) is 29.0 Å². The van der Waals surface area contributed by atoms with E-state index in [4.69, 9.17) is 16.7 Å². The molecule has 0 fully saturated rings. The Hall–Kier alpha value is -1.62. The molecule has 1 heterocycles. The second-order valence-electron chi connectivity index (χ2n) is 4.34. The van der Waals surface area contributed by atoms with Gasteiger partial charge in [-0.15, -0.1) is 0 Å². The quantitative estimate of drug-likeness (QED) is 0.802. The molecular formula is C12H15ClN2O3. The van der Waals surface area contributed by atoms with E-state index in [0.717, 1.165) is 0 Å². The van der Waals surface area contributed by atoms with Gasteiger partial charge in [0.25, 0.3) is 5.91 Å². The second-order valence-corrected chi connectivity index (χ2v) is 4.69. The van der Waals surface area contributed by atoms with E-state index in [1.165, 1.54) is 12.3 Å². The number of rotatable bonds is 5. The van der Waals surface area contributed by atoms with Crippen LogP contribution in [-0.4, -0.2) is 28.0 Å². The third-order valence-corrected chi connectivity index (χ3v) is 2.62. The van der Waals surface area contributed by atoms with Crippen LogP contribution in [0.3, 0.4) is 0 Å². The van der Waals surface area contributed by atoms with Gasteiger partial charge >= 0.3 is 5.97 Å². The molecule has 98 valence electrons. The molecular weight excluding hydrogens is 256 g/mol. The van der Waals surface area contributed by atoms with E-state index in [0.29, 0.717) is 6.42 Å². The molecule has 0 saturated heterocycles. The Labute approximate surface area is 110 Å². The van der Waals surface area contributed by atoms with Crippen molar-refractivity contribution < 1.29 is 14.7 Å². The van der Waals surface area contributed by atoms with Gasteiger partial charge < -0.3 is 10.4 Å². The number of nitrogens with one attached hydrogen (secondary N) is 1. The first-order valence-corrected chi connectivity index (χ1v) is 5.93. The molecule has 18 heavy (non-hydrogen) atoms. The van der Waals surface area contributed by atoms with Crippen molar-refractivity contribution in [1.29, 1.82) is 0 Å². The second kappa shape index (κ2) is 6.35. The third kappa shape index (κ3) is 4.00. The van der Waals surface area contributed by atoms with Gasteiger partial charge in [-0.2, -0.15) is 0 Å². The smallest absolute Gasteiger partial charge is 0.326 e. The zero-order chi connectivity index (χ0) is 13.7. The van der Waals surface area contributed by atoms with Gasteiger partial charge in [0.2, 0.25) is 0 Å². The Balaban J connectivity index is 2.79. The summed E-state index contributed by atoms with van der Waals surface area (Å²) in [6.07, 6.45) is 1.82. The van der Waals surface area contributed by atoms with Gasteiger partial charge in [-0.1, -0.05) is 25.4 Å². The molecule has 0 saturated carbocycles. The first-order valence-electron chi connectivity index (χ1n) is 5.56. The van der Waals surface area contributed by atoms with Gasteiger partial charge in [0.1, 0.15) is 11.2 Å². The Morgan fingerprint density at radius 1 is 1.50 bits per heavy atom. The number of hydrogen-bond donors (Lipinski definition) is 2. The number of halogens is 1. The monoisotopic (exact) mass is 270 g/mol. The number of carboxylic acids is 1. The van der Waals surface area contributed by atoms with Crippen LogP contribution in [0.5, 0.6) is 0 Å². The summed E-state index contributed by atoms with van der Waals surface area (Å²) in [5.74, 6) is -1.42. The first-order chi connectivity index (χ1) is 8.41. The lowest BCUT2D eigenvalue weighted by Crippen LogP contribution is -2.41. The topological polar surface area (TPSA) is 79.3 Å². The van der Waals surface area contributed by atoms with Crippen LogP contribution in [0.15, 0.2) is 18.3 Å². The van der Waals surface area contributed by atoms with Crippen molar-refractivity contribution in [3.8, 4) is 0 Å². The molecule has 0 spiro atoms. The number of hydrogen-bond acceptors (Lipinski definition) is 3. The first kappa shape index (κ1) is 14.4. The zero-order valence-electron chi connectivity index (χ0n) is 10.2. The zero-order valence-corrected chi connectivity index (χ0v) is 10.9. The molecule has 1 aromatic heterocycles. The Kier molecular flexibility index (Phi) is 5.09. The van der Waals surface area contributed by atoms with Crippen molar-refractivity contribution >= 4 is 23.5 Å². The lowest BCUT2D eigenvalue weighted by Gasteiger charge is -2.16. The lowest BCUT2D eigenvalue weighted by molar-refractivity contribution is -0.139. The highest BCUT2D eigenvalue weighted by Gasteiger charge is 2.22. The van der Waals surface area contributed by atoms with Gasteiger partial charge in [0.05, 0.1) is 5.56 Å². The highest BCUT2D eigenvalue weighted by Crippen LogP contribution is 2.12. The van der Waals surface area contributed by atoms with Crippen LogP contribution in [0.4, 0.5) is 0 Å². The van der Waals surface area contributed by atoms with Crippen LogP contribution >= 0.6 is 11.6 Å². The van der Waals surface area contributed by atoms with Crippen LogP contribution in [-0.2, 0) is 4.79 Å². The number of aromatic nitrogens is 1. The van der Waals surface area contributed by atoms with Gasteiger partial charge in [-0.3, -0.25) is 4.79 Å². The summed E-state index contributed by atoms with van der Waals surface area (Å²) in [4.78, 5) is 26.7. The van der Waals surface area contributed by atoms with E-state index in [-0.39, 0.29) is 16.6 Å². The highest BCUT2D eigenvalue weighted by atomic mass is 35.5. The fourth-order valence-corrected chi connectivity index (χ4v) is 1.69. The highest BCUT2D eigenvalue weighted by molar-refractivity contribution is 6.32. The Morgan fingerprint density at radius 2 is 2.17 bits per heavy atom. The molecule has 5 nitrogen and oxygen atoms in total. The fraction of sp³-hybridized carbons (Fsp3) is 0.417. The standard InChI is InChI=1S/C12H15ClN2O3/c1-7(2)6-9(12(17)18)15-11(16)8-4-3-5-14-10(8)13/h3-5,7,9H,6H2,1-2H3,(H,15,16)(H,17,18)/t9-/m1/s1. The van der Waals surface area contributed by atoms with Crippen LogP contribution in [0, 0.1) is 5.92 Å². The largest absolute Gasteiger partial charge is 0.480 e. The molecule has 0 aliphatic heterocycles. The maximum atomic E-state index is 11.9. The van der Waals surface area contributed by atoms with Crippen molar-refractivity contribution in [2.45, 2.75) is 26.3 Å². The fourth-order valence-electron chi connectivity index (χ4n) is 1.48. The number of carbonyl (C=O) groups is 2. The van der Waals surface area contributed by atoms with Gasteiger partial charge in [-0.25, -0.2) is 9.78 Å². The van der Waals surface area contributed by atoms with E-state index in [1.54, 1.807) is 6.07 Å². The van der Waals surface area contributed by atoms with E-state index in [2.05, 4.69) is 10.3 Å². The van der Waals surface area contributed by atoms with Gasteiger partial charge in [0.15, 0.2) is 0 Å². The van der Waals surface area contributed by atoms with Crippen LogP contribution in [0.25, 0.3) is 0 Å². The predicted molar refractivity (Wildman–Crippen MR) is 67.6 cm³/mol. The molecule has 1 atom stereocenters. The minimum atomic E-state index is -1.06. The lowest BCUT2D eigenvalue weighted by atomic mass is 10.0. The number of nitrogens with zero attached hydrogens (tertiary/aromatic N) is 1. The normalized spacial score (nSPS) is 12.2. The van der Waals surface area contributed by atoms with E-state index in [9.17, 15) is 9.59 Å². The molecule has 0 aliphatic rings. The number of pyridine rings is 1. The predicted octanol–water partition coefficient (Wildman–Crippen LogP) is 1.96. The van der Waals surface area contributed by atoms with Gasteiger partial charge in [-0.05, 0) is 24.5 Å². The summed E-state index contributed by atoms with van der Waals surface area (Å²) in [6, 6.07) is 2.14. The maximum Gasteiger partial charge on any atom is 0.326 e. The molecule has 0 unspecified atom stereocenters. The number of carbonyl (C=O) groups excluding carboxylic acids is 1. The molecule has 0 aromatic carbocycles. The minimum Gasteiger partial charge on any atom is -0.480 e. The minimum absolute atomic E-state index is 0.0590. The number of carboxylic acid groups (broad SMARTS) is 1. The third-order valence-electron chi connectivity index (χ3n) is 2.31. The number of amides is 1. The molecule has 0 radical (unpaired) electrons. The van der Waals surface area contributed by atoms with Crippen molar-refractivity contribution in [2.24, 2.45) is 5.92 Å². The molecule has 2 N–H and O–H groups in total. The van der Waals surface area contributed by atoms with E-state index >= 15 is 0 Å². The summed E-state index contributed by atoms with van der Waals surface area (Å²) >= 11 is 5.77. The van der Waals surface area contributed by atoms with Crippen molar-refractivity contribution in [1.82, 2.24) is 10.3 Å². The Morgan fingerprint density at radius 3 is 2.67 bits per heavy atom. The summed E-state index contributed by atoms with van der Waals surface area (Å²) in [7, 11) is 0. The Bertz CT molecular complexity index is 449. The van der Waals surface area contributed by atoms with E-state index in [1.807, 2.05) is 13.8 Å². The summed E-state index contributed by atoms with van der Waals surface area (Å²) in [5.41, 5.74) is 0.175. The van der Waals surface area contributed by atoms with Crippen LogP contribution < -0.4 is 5.32 Å². The molecule has 1 rings (SSSR count). The summed E-state index contributed by atoms with van der Waals surface area (Å²) < 4.78 is 0. The van der Waals surface area contributed by atoms with Gasteiger partial charge in [0, 0.05) is 6.20 Å². The summed E-state index contributed by atoms with van der Waals surface area (Å²) in [6.45, 7) is 3.78. The average molecular weight is 271 g/mol. The molecule has 0 bridgehead atoms. The van der Waals surface area contributed by atoms with E-state index < -0.39 is 17.9 Å². The molecule has 1 aromatic rings. The van der Waals surface area contributed by atoms with Crippen LogP contribution in [0.1, 0.15) is 30.6 Å². The molecule has 0 aliphatic carbocycles. The van der Waals surface area contributed by atoms with Crippen molar-refractivity contribution in [2.75, 3.05) is 0 Å². The SMILES string of the molecule is CC(C)C[C@@H](NC(=O)c1cccnc1Cl)C(=O)O. The molecule has 6 heteroatoms. The van der Waals surface area contributed by atoms with Crippen molar-refractivity contribution in [3.63, 3.8) is 0 Å². The summed E-state index contributed by atoms with van der Waals surface area (Å²) in [5, 5.41) is 11.5. The van der Waals surface area contributed by atoms with Crippen LogP contribution in [0.2, 0.25) is 5.15 Å². The molecule has 1 amide bonds. The number of aliphatic carboxylic acids is 1.